The third-order valence-electron chi connectivity index (χ3n) is 2.33. The first-order valence-corrected chi connectivity index (χ1v) is 8.37. The van der Waals surface area contributed by atoms with Gasteiger partial charge < -0.3 is 0 Å². The Bertz CT molecular complexity index is 508. The van der Waals surface area contributed by atoms with Crippen molar-refractivity contribution in [3.63, 3.8) is 0 Å². The molecule has 0 unspecified atom stereocenters. The van der Waals surface area contributed by atoms with Crippen molar-refractivity contribution < 1.29 is 27.7 Å². The SMILES string of the molecule is C=C1CC(=O)N(COP(=O)(OC(C)(C)C)OC(C)(C)C)C1=O. The van der Waals surface area contributed by atoms with E-state index in [9.17, 15) is 14.2 Å². The van der Waals surface area contributed by atoms with E-state index in [1.807, 2.05) is 0 Å². The van der Waals surface area contributed by atoms with Crippen LogP contribution in [0.15, 0.2) is 12.2 Å². The summed E-state index contributed by atoms with van der Waals surface area (Å²) < 4.78 is 28.8. The molecule has 0 spiro atoms. The number of nitrogens with zero attached hydrogens (tertiary/aromatic N) is 1. The van der Waals surface area contributed by atoms with Crippen molar-refractivity contribution in [2.24, 2.45) is 0 Å². The van der Waals surface area contributed by atoms with E-state index in [-0.39, 0.29) is 12.0 Å². The molecular weight excluding hydrogens is 309 g/mol. The van der Waals surface area contributed by atoms with Crippen LogP contribution in [0.1, 0.15) is 48.0 Å². The number of hydrogen-bond donors (Lipinski definition) is 0. The topological polar surface area (TPSA) is 82.1 Å². The lowest BCUT2D eigenvalue weighted by Crippen LogP contribution is -2.33. The summed E-state index contributed by atoms with van der Waals surface area (Å²) in [6.45, 7) is 13.2. The number of amides is 2. The van der Waals surface area contributed by atoms with Crippen LogP contribution >= 0.6 is 7.82 Å². The van der Waals surface area contributed by atoms with Crippen LogP contribution in [0.4, 0.5) is 0 Å². The molecule has 1 aliphatic heterocycles. The first-order valence-electron chi connectivity index (χ1n) is 6.91. The largest absolute Gasteiger partial charge is 0.477 e. The highest BCUT2D eigenvalue weighted by Gasteiger charge is 2.40. The monoisotopic (exact) mass is 333 g/mol. The number of imide groups is 1. The minimum atomic E-state index is -3.96. The van der Waals surface area contributed by atoms with Crippen molar-refractivity contribution in [2.45, 2.75) is 59.2 Å². The summed E-state index contributed by atoms with van der Waals surface area (Å²) in [6, 6.07) is 0. The van der Waals surface area contributed by atoms with Gasteiger partial charge in [-0.05, 0) is 41.5 Å². The Morgan fingerprint density at radius 3 is 1.86 bits per heavy atom. The Labute approximate surface area is 131 Å². The van der Waals surface area contributed by atoms with Gasteiger partial charge in [0.1, 0.15) is 6.73 Å². The van der Waals surface area contributed by atoms with E-state index in [1.54, 1.807) is 41.5 Å². The molecule has 0 aliphatic carbocycles. The number of likely N-dealkylation sites (tertiary alicyclic amines) is 1. The maximum Gasteiger partial charge on any atom is 0.477 e. The van der Waals surface area contributed by atoms with Gasteiger partial charge >= 0.3 is 7.82 Å². The lowest BCUT2D eigenvalue weighted by molar-refractivity contribution is -0.141. The maximum absolute atomic E-state index is 12.8. The van der Waals surface area contributed by atoms with Gasteiger partial charge in [0.05, 0.1) is 17.6 Å². The molecule has 0 radical (unpaired) electrons. The second kappa shape index (κ2) is 6.24. The second-order valence-corrected chi connectivity index (χ2v) is 8.54. The number of phosphoric ester groups is 1. The standard InChI is InChI=1S/C14H24NO6P/c1-10-8-11(16)15(12(10)17)9-19-22(18,20-13(2,3)4)21-14(5,6)7/h1,8-9H2,2-7H3. The van der Waals surface area contributed by atoms with Gasteiger partial charge in [0, 0.05) is 5.57 Å². The van der Waals surface area contributed by atoms with Gasteiger partial charge in [-0.1, -0.05) is 6.58 Å². The maximum atomic E-state index is 12.8. The molecule has 8 heteroatoms. The summed E-state index contributed by atoms with van der Waals surface area (Å²) in [5.41, 5.74) is -1.40. The van der Waals surface area contributed by atoms with Crippen LogP contribution in [-0.2, 0) is 27.7 Å². The van der Waals surface area contributed by atoms with Crippen molar-refractivity contribution in [1.82, 2.24) is 4.90 Å². The summed E-state index contributed by atoms with van der Waals surface area (Å²) in [6.07, 6.45) is -0.0627. The molecule has 0 aromatic carbocycles. The highest BCUT2D eigenvalue weighted by molar-refractivity contribution is 7.48. The van der Waals surface area contributed by atoms with E-state index < -0.39 is 37.6 Å². The first kappa shape index (κ1) is 19.0. The molecule has 1 fully saturated rings. The number of hydrogen-bond acceptors (Lipinski definition) is 6. The molecule has 126 valence electrons. The van der Waals surface area contributed by atoms with Gasteiger partial charge in [-0.3, -0.25) is 28.1 Å². The molecule has 1 heterocycles. The Morgan fingerprint density at radius 2 is 1.55 bits per heavy atom. The molecular formula is C14H24NO6P. The second-order valence-electron chi connectivity index (χ2n) is 7.02. The third kappa shape index (κ3) is 5.65. The number of carbonyl (C=O) groups excluding carboxylic acids is 2. The van der Waals surface area contributed by atoms with E-state index in [0.29, 0.717) is 0 Å². The van der Waals surface area contributed by atoms with E-state index in [4.69, 9.17) is 13.6 Å². The fourth-order valence-corrected chi connectivity index (χ4v) is 3.40. The first-order chi connectivity index (χ1) is 9.72. The van der Waals surface area contributed by atoms with Crippen LogP contribution in [0.2, 0.25) is 0 Å². The predicted octanol–water partition coefficient (Wildman–Crippen LogP) is 3.01. The molecule has 22 heavy (non-hydrogen) atoms. The lowest BCUT2D eigenvalue weighted by Gasteiger charge is -2.31. The fraction of sp³-hybridized carbons (Fsp3) is 0.714. The van der Waals surface area contributed by atoms with Crippen LogP contribution in [0.3, 0.4) is 0 Å². The summed E-state index contributed by atoms with van der Waals surface area (Å²) in [4.78, 5) is 24.3. The summed E-state index contributed by atoms with van der Waals surface area (Å²) >= 11 is 0. The van der Waals surface area contributed by atoms with Crippen LogP contribution in [0.25, 0.3) is 0 Å². The highest BCUT2D eigenvalue weighted by atomic mass is 31.2. The van der Waals surface area contributed by atoms with Gasteiger partial charge in [0.15, 0.2) is 0 Å². The van der Waals surface area contributed by atoms with Gasteiger partial charge in [0.25, 0.3) is 5.91 Å². The average molecular weight is 333 g/mol. The molecule has 7 nitrogen and oxygen atoms in total. The normalized spacial score (nSPS) is 17.5. The van der Waals surface area contributed by atoms with E-state index >= 15 is 0 Å². The molecule has 0 saturated carbocycles. The van der Waals surface area contributed by atoms with Crippen LogP contribution in [-0.4, -0.2) is 34.6 Å². The van der Waals surface area contributed by atoms with Crippen molar-refractivity contribution in [3.05, 3.63) is 12.2 Å². The minimum absolute atomic E-state index is 0.0627. The van der Waals surface area contributed by atoms with Gasteiger partial charge in [-0.15, -0.1) is 0 Å². The highest BCUT2D eigenvalue weighted by Crippen LogP contribution is 2.55. The lowest BCUT2D eigenvalue weighted by atomic mass is 10.2. The minimum Gasteiger partial charge on any atom is -0.281 e. The predicted molar refractivity (Wildman–Crippen MR) is 80.8 cm³/mol. The number of carbonyl (C=O) groups is 2. The third-order valence-corrected chi connectivity index (χ3v) is 4.30. The van der Waals surface area contributed by atoms with E-state index in [0.717, 1.165) is 4.90 Å². The van der Waals surface area contributed by atoms with Crippen molar-refractivity contribution in [2.75, 3.05) is 6.73 Å². The van der Waals surface area contributed by atoms with Gasteiger partial charge in [-0.25, -0.2) is 4.57 Å². The van der Waals surface area contributed by atoms with Crippen LogP contribution in [0, 0.1) is 0 Å². The van der Waals surface area contributed by atoms with Crippen molar-refractivity contribution in [1.29, 1.82) is 0 Å². The Morgan fingerprint density at radius 1 is 1.09 bits per heavy atom. The van der Waals surface area contributed by atoms with Gasteiger partial charge in [0.2, 0.25) is 5.91 Å². The number of phosphoric acid groups is 1. The van der Waals surface area contributed by atoms with E-state index in [2.05, 4.69) is 6.58 Å². The summed E-state index contributed by atoms with van der Waals surface area (Å²) in [5.74, 6) is -0.990. The quantitative estimate of drug-likeness (QED) is 0.437. The summed E-state index contributed by atoms with van der Waals surface area (Å²) in [5, 5.41) is 0. The van der Waals surface area contributed by atoms with Crippen LogP contribution < -0.4 is 0 Å². The van der Waals surface area contributed by atoms with Crippen molar-refractivity contribution in [3.8, 4) is 0 Å². The molecule has 0 N–H and O–H groups in total. The Balaban J connectivity index is 2.86. The van der Waals surface area contributed by atoms with E-state index in [1.165, 1.54) is 0 Å². The molecule has 0 bridgehead atoms. The Hall–Kier alpha value is -1.01. The van der Waals surface area contributed by atoms with Crippen molar-refractivity contribution >= 4 is 19.6 Å². The zero-order chi connectivity index (χ0) is 17.3. The van der Waals surface area contributed by atoms with Gasteiger partial charge in [-0.2, -0.15) is 0 Å². The zero-order valence-corrected chi connectivity index (χ0v) is 14.9. The fourth-order valence-electron chi connectivity index (χ4n) is 1.66. The summed E-state index contributed by atoms with van der Waals surface area (Å²) in [7, 11) is -3.96. The molecule has 1 rings (SSSR count). The molecule has 1 saturated heterocycles. The number of rotatable bonds is 5. The average Bonchev–Trinajstić information content (AvgIpc) is 2.45. The molecule has 0 atom stereocenters. The molecule has 2 amide bonds. The van der Waals surface area contributed by atoms with Crippen LogP contribution in [0.5, 0.6) is 0 Å². The Kier molecular flexibility index (Phi) is 5.40. The molecule has 0 aromatic heterocycles. The molecule has 1 aliphatic rings. The zero-order valence-electron chi connectivity index (χ0n) is 14.0. The smallest absolute Gasteiger partial charge is 0.281 e. The molecule has 0 aromatic rings.